The molecule has 2 fully saturated rings. The fourth-order valence-corrected chi connectivity index (χ4v) is 6.46. The van der Waals surface area contributed by atoms with E-state index in [-0.39, 0.29) is 42.1 Å². The van der Waals surface area contributed by atoms with Crippen molar-refractivity contribution in [2.45, 2.75) is 50.2 Å². The van der Waals surface area contributed by atoms with Gasteiger partial charge in [0.1, 0.15) is 0 Å². The van der Waals surface area contributed by atoms with Crippen molar-refractivity contribution in [3.05, 3.63) is 60.1 Å². The van der Waals surface area contributed by atoms with Crippen molar-refractivity contribution in [3.63, 3.8) is 0 Å². The lowest BCUT2D eigenvalue weighted by Crippen LogP contribution is -2.88. The Bertz CT molecular complexity index is 906. The van der Waals surface area contributed by atoms with E-state index in [1.807, 2.05) is 52.7 Å². The summed E-state index contributed by atoms with van der Waals surface area (Å²) in [5.74, 6) is 1.14. The minimum atomic E-state index is -3.03. The van der Waals surface area contributed by atoms with Gasteiger partial charge in [-0.2, -0.15) is 0 Å². The van der Waals surface area contributed by atoms with Crippen LogP contribution in [0.1, 0.15) is 49.5 Å². The molecule has 156 valence electrons. The fourth-order valence-electron chi connectivity index (χ4n) is 4.75. The van der Waals surface area contributed by atoms with E-state index in [4.69, 9.17) is 4.42 Å². The lowest BCUT2D eigenvalue weighted by molar-refractivity contribution is -0.679. The van der Waals surface area contributed by atoms with E-state index in [9.17, 15) is 13.2 Å². The molecule has 4 rings (SSSR count). The highest BCUT2D eigenvalue weighted by atomic mass is 32.2. The summed E-state index contributed by atoms with van der Waals surface area (Å²) in [6.45, 7) is 0.271. The van der Waals surface area contributed by atoms with E-state index >= 15 is 0 Å². The van der Waals surface area contributed by atoms with Gasteiger partial charge in [-0.15, -0.1) is 0 Å². The summed E-state index contributed by atoms with van der Waals surface area (Å²) in [6.07, 6.45) is 6.37. The smallest absolute Gasteiger partial charge is 0.278 e. The number of benzene rings is 1. The first kappa shape index (κ1) is 20.2. The van der Waals surface area contributed by atoms with Crippen LogP contribution in [0.5, 0.6) is 0 Å². The largest absolute Gasteiger partial charge is 0.463 e. The lowest BCUT2D eigenvalue weighted by atomic mass is 10.0. The van der Waals surface area contributed by atoms with Crippen molar-refractivity contribution in [3.8, 4) is 0 Å². The van der Waals surface area contributed by atoms with E-state index in [0.29, 0.717) is 6.42 Å². The molecule has 7 heteroatoms. The first-order valence-electron chi connectivity index (χ1n) is 10.5. The normalized spacial score (nSPS) is 22.6. The van der Waals surface area contributed by atoms with Crippen molar-refractivity contribution in [1.29, 1.82) is 0 Å². The average molecular weight is 418 g/mol. The summed E-state index contributed by atoms with van der Waals surface area (Å²) in [5, 5.41) is 2.00. The molecule has 0 bridgehead atoms. The van der Waals surface area contributed by atoms with Crippen molar-refractivity contribution in [1.82, 2.24) is 4.90 Å². The molecule has 1 saturated carbocycles. The predicted octanol–water partition coefficient (Wildman–Crippen LogP) is 1.89. The Balaban J connectivity index is 1.50. The number of amides is 1. The molecule has 0 spiro atoms. The van der Waals surface area contributed by atoms with Crippen molar-refractivity contribution >= 4 is 15.7 Å². The van der Waals surface area contributed by atoms with E-state index in [2.05, 4.69) is 0 Å². The molecule has 0 radical (unpaired) electrons. The predicted molar refractivity (Wildman–Crippen MR) is 110 cm³/mol. The number of carbonyl (C=O) groups is 1. The first-order chi connectivity index (χ1) is 14.0. The second-order valence-electron chi connectivity index (χ2n) is 8.14. The van der Waals surface area contributed by atoms with Crippen LogP contribution in [0.25, 0.3) is 0 Å². The molecule has 0 unspecified atom stereocenters. The van der Waals surface area contributed by atoms with E-state index < -0.39 is 9.84 Å². The zero-order chi connectivity index (χ0) is 20.3. The number of hydrogen-bond acceptors (Lipinski definition) is 4. The van der Waals surface area contributed by atoms with Gasteiger partial charge in [0.05, 0.1) is 17.8 Å². The molecule has 2 heterocycles. The molecule has 6 nitrogen and oxygen atoms in total. The quantitative estimate of drug-likeness (QED) is 0.746. The van der Waals surface area contributed by atoms with Gasteiger partial charge in [-0.3, -0.25) is 4.79 Å². The highest BCUT2D eigenvalue weighted by Crippen LogP contribution is 2.29. The molecule has 2 N–H and O–H groups in total. The van der Waals surface area contributed by atoms with Gasteiger partial charge in [0.2, 0.25) is 0 Å². The van der Waals surface area contributed by atoms with Gasteiger partial charge in [-0.05, 0) is 31.4 Å². The molecular weight excluding hydrogens is 388 g/mol. The third-order valence-electron chi connectivity index (χ3n) is 6.14. The Morgan fingerprint density at radius 3 is 2.45 bits per heavy atom. The van der Waals surface area contributed by atoms with Crippen LogP contribution < -0.4 is 5.32 Å². The van der Waals surface area contributed by atoms with E-state index in [1.54, 1.807) is 6.26 Å². The molecule has 1 saturated heterocycles. The maximum Gasteiger partial charge on any atom is 0.278 e. The highest BCUT2D eigenvalue weighted by Gasteiger charge is 2.39. The third-order valence-corrected chi connectivity index (χ3v) is 7.89. The molecular formula is C22H29N2O4S+. The van der Waals surface area contributed by atoms with Crippen LogP contribution in [-0.2, 0) is 14.6 Å². The number of carbonyl (C=O) groups excluding carboxylic acids is 1. The monoisotopic (exact) mass is 417 g/mol. The summed E-state index contributed by atoms with van der Waals surface area (Å²) in [6, 6.07) is 13.7. The number of quaternary nitrogens is 1. The van der Waals surface area contributed by atoms with Crippen LogP contribution in [0.3, 0.4) is 0 Å². The van der Waals surface area contributed by atoms with Crippen LogP contribution in [-0.4, -0.2) is 49.4 Å². The molecule has 1 amide bonds. The second-order valence-corrected chi connectivity index (χ2v) is 10.4. The topological polar surface area (TPSA) is 84.2 Å². The zero-order valence-corrected chi connectivity index (χ0v) is 17.4. The Labute approximate surface area is 172 Å². The lowest BCUT2D eigenvalue weighted by Gasteiger charge is -2.33. The van der Waals surface area contributed by atoms with Crippen LogP contribution in [0, 0.1) is 0 Å². The maximum absolute atomic E-state index is 13.3. The molecule has 2 aromatic rings. The summed E-state index contributed by atoms with van der Waals surface area (Å²) in [7, 11) is -3.03. The van der Waals surface area contributed by atoms with Gasteiger partial charge in [-0.1, -0.05) is 43.2 Å². The summed E-state index contributed by atoms with van der Waals surface area (Å²) < 4.78 is 29.7. The molecule has 1 aromatic carbocycles. The molecule has 2 aliphatic rings. The molecule has 1 aliphatic carbocycles. The number of hydrogen-bond donors (Lipinski definition) is 1. The average Bonchev–Trinajstić information content (AvgIpc) is 3.46. The standard InChI is InChI=1S/C22H28N2O4S/c25-21(24(18-9-4-5-10-18)19-12-14-29(26,27)16-19)15-23-22(20-11-6-13-28-20)17-7-2-1-3-8-17/h1-3,6-8,11,13,18-19,22-23H,4-5,9-10,12,14-16H2/p+1/t19-,22-/m1/s1. The SMILES string of the molecule is O=C(C[NH2+][C@H](c1ccccc1)c1ccco1)N(C1CCCC1)[C@@H]1CCS(=O)(=O)C1. The first-order valence-corrected chi connectivity index (χ1v) is 12.3. The van der Waals surface area contributed by atoms with Crippen molar-refractivity contribution in [2.24, 2.45) is 0 Å². The van der Waals surface area contributed by atoms with Crippen LogP contribution in [0.4, 0.5) is 0 Å². The Morgan fingerprint density at radius 2 is 1.83 bits per heavy atom. The van der Waals surface area contributed by atoms with Crippen molar-refractivity contribution < 1.29 is 22.9 Å². The molecule has 1 aromatic heterocycles. The minimum absolute atomic E-state index is 0.0338. The van der Waals surface area contributed by atoms with Gasteiger partial charge in [0.25, 0.3) is 5.91 Å². The Kier molecular flexibility index (Phi) is 6.06. The van der Waals surface area contributed by atoms with Crippen LogP contribution in [0.2, 0.25) is 0 Å². The summed E-state index contributed by atoms with van der Waals surface area (Å²) >= 11 is 0. The van der Waals surface area contributed by atoms with Crippen molar-refractivity contribution in [2.75, 3.05) is 18.1 Å². The van der Waals surface area contributed by atoms with Gasteiger partial charge >= 0.3 is 0 Å². The number of rotatable bonds is 7. The molecule has 2 atom stereocenters. The number of sulfone groups is 1. The van der Waals surface area contributed by atoms with Gasteiger partial charge in [0.15, 0.2) is 28.2 Å². The minimum Gasteiger partial charge on any atom is -0.463 e. The third kappa shape index (κ3) is 4.73. The molecule has 29 heavy (non-hydrogen) atoms. The van der Waals surface area contributed by atoms with Gasteiger partial charge in [-0.25, -0.2) is 8.42 Å². The van der Waals surface area contributed by atoms with Gasteiger partial charge in [0, 0.05) is 17.6 Å². The Hall–Kier alpha value is -2.12. The van der Waals surface area contributed by atoms with E-state index in [0.717, 1.165) is 37.0 Å². The number of nitrogens with two attached hydrogens (primary N) is 1. The summed E-state index contributed by atoms with van der Waals surface area (Å²) in [4.78, 5) is 15.2. The fraction of sp³-hybridized carbons (Fsp3) is 0.500. The Morgan fingerprint density at radius 1 is 1.07 bits per heavy atom. The maximum atomic E-state index is 13.3. The van der Waals surface area contributed by atoms with Gasteiger partial charge < -0.3 is 14.6 Å². The second kappa shape index (κ2) is 8.71. The van der Waals surface area contributed by atoms with Crippen LogP contribution >= 0.6 is 0 Å². The molecule has 1 aliphatic heterocycles. The number of nitrogens with zero attached hydrogens (tertiary/aromatic N) is 1. The highest BCUT2D eigenvalue weighted by molar-refractivity contribution is 7.91. The summed E-state index contributed by atoms with van der Waals surface area (Å²) in [5.41, 5.74) is 1.08. The zero-order valence-electron chi connectivity index (χ0n) is 16.6. The number of furan rings is 1. The van der Waals surface area contributed by atoms with E-state index in [1.165, 1.54) is 0 Å². The van der Waals surface area contributed by atoms with Crippen LogP contribution in [0.15, 0.2) is 53.1 Å².